The molecular weight excluding hydrogens is 260 g/mol. The van der Waals surface area contributed by atoms with Crippen molar-refractivity contribution >= 4 is 27.3 Å². The fourth-order valence-electron chi connectivity index (χ4n) is 1.35. The standard InChI is InChI=1S/C10H17BrN2S/c1-12-9(4-6-13(2)3)10-8(11)5-7-14-10/h5,7,9,12H,4,6H2,1-3H3. The smallest absolute Gasteiger partial charge is 0.0436 e. The number of halogens is 1. The van der Waals surface area contributed by atoms with Crippen LogP contribution in [-0.4, -0.2) is 32.6 Å². The zero-order valence-electron chi connectivity index (χ0n) is 8.88. The molecule has 0 saturated carbocycles. The van der Waals surface area contributed by atoms with Gasteiger partial charge in [-0.05, 0) is 61.5 Å². The van der Waals surface area contributed by atoms with Gasteiger partial charge in [-0.3, -0.25) is 0 Å². The molecule has 1 aromatic rings. The highest BCUT2D eigenvalue weighted by atomic mass is 79.9. The molecule has 0 radical (unpaired) electrons. The Bertz CT molecular complexity index is 273. The summed E-state index contributed by atoms with van der Waals surface area (Å²) in [6.45, 7) is 1.11. The summed E-state index contributed by atoms with van der Waals surface area (Å²) in [5, 5.41) is 5.48. The fraction of sp³-hybridized carbons (Fsp3) is 0.600. The molecule has 1 atom stereocenters. The van der Waals surface area contributed by atoms with E-state index in [4.69, 9.17) is 0 Å². The lowest BCUT2D eigenvalue weighted by atomic mass is 10.1. The first-order valence-corrected chi connectivity index (χ1v) is 6.37. The molecule has 0 bridgehead atoms. The van der Waals surface area contributed by atoms with E-state index in [0.29, 0.717) is 6.04 Å². The van der Waals surface area contributed by atoms with Crippen molar-refractivity contribution in [2.75, 3.05) is 27.7 Å². The van der Waals surface area contributed by atoms with Crippen molar-refractivity contribution < 1.29 is 0 Å². The van der Waals surface area contributed by atoms with Gasteiger partial charge in [0.25, 0.3) is 0 Å². The van der Waals surface area contributed by atoms with Crippen molar-refractivity contribution in [3.63, 3.8) is 0 Å². The highest BCUT2D eigenvalue weighted by Gasteiger charge is 2.13. The second-order valence-corrected chi connectivity index (χ2v) is 5.37. The number of nitrogens with one attached hydrogen (secondary N) is 1. The molecule has 1 rings (SSSR count). The lowest BCUT2D eigenvalue weighted by Gasteiger charge is -2.18. The SMILES string of the molecule is CNC(CCN(C)C)c1sccc1Br. The molecule has 1 N–H and O–H groups in total. The van der Waals surface area contributed by atoms with Gasteiger partial charge in [0, 0.05) is 15.4 Å². The van der Waals surface area contributed by atoms with Crippen molar-refractivity contribution in [3.05, 3.63) is 20.8 Å². The summed E-state index contributed by atoms with van der Waals surface area (Å²) in [7, 11) is 6.23. The van der Waals surface area contributed by atoms with E-state index in [1.807, 2.05) is 7.05 Å². The quantitative estimate of drug-likeness (QED) is 0.890. The number of hydrogen-bond donors (Lipinski definition) is 1. The first-order chi connectivity index (χ1) is 6.65. The van der Waals surface area contributed by atoms with Crippen molar-refractivity contribution in [2.24, 2.45) is 0 Å². The maximum absolute atomic E-state index is 3.57. The third-order valence-electron chi connectivity index (χ3n) is 2.17. The summed E-state index contributed by atoms with van der Waals surface area (Å²) >= 11 is 5.38. The van der Waals surface area contributed by atoms with Gasteiger partial charge >= 0.3 is 0 Å². The third kappa shape index (κ3) is 3.35. The number of thiophene rings is 1. The Morgan fingerprint density at radius 1 is 1.57 bits per heavy atom. The van der Waals surface area contributed by atoms with Crippen LogP contribution < -0.4 is 5.32 Å². The van der Waals surface area contributed by atoms with Gasteiger partial charge in [-0.2, -0.15) is 0 Å². The van der Waals surface area contributed by atoms with Crippen LogP contribution in [0.5, 0.6) is 0 Å². The normalized spacial score (nSPS) is 13.5. The monoisotopic (exact) mass is 276 g/mol. The fourth-order valence-corrected chi connectivity index (χ4v) is 3.14. The van der Waals surface area contributed by atoms with Crippen LogP contribution >= 0.6 is 27.3 Å². The van der Waals surface area contributed by atoms with Crippen LogP contribution in [-0.2, 0) is 0 Å². The van der Waals surface area contributed by atoms with E-state index < -0.39 is 0 Å². The Balaban J connectivity index is 2.58. The van der Waals surface area contributed by atoms with Gasteiger partial charge in [0.2, 0.25) is 0 Å². The van der Waals surface area contributed by atoms with Gasteiger partial charge in [-0.15, -0.1) is 11.3 Å². The predicted molar refractivity (Wildman–Crippen MR) is 67.0 cm³/mol. The number of hydrogen-bond acceptors (Lipinski definition) is 3. The molecule has 14 heavy (non-hydrogen) atoms. The van der Waals surface area contributed by atoms with E-state index in [-0.39, 0.29) is 0 Å². The molecule has 4 heteroatoms. The lowest BCUT2D eigenvalue weighted by Crippen LogP contribution is -2.22. The van der Waals surface area contributed by atoms with Gasteiger partial charge in [0.05, 0.1) is 0 Å². The minimum atomic E-state index is 0.465. The van der Waals surface area contributed by atoms with Crippen molar-refractivity contribution in [1.29, 1.82) is 0 Å². The summed E-state index contributed by atoms with van der Waals surface area (Å²) in [5.41, 5.74) is 0. The molecule has 0 fully saturated rings. The van der Waals surface area contributed by atoms with Crippen molar-refractivity contribution in [1.82, 2.24) is 10.2 Å². The molecule has 1 heterocycles. The van der Waals surface area contributed by atoms with Gasteiger partial charge < -0.3 is 10.2 Å². The minimum Gasteiger partial charge on any atom is -0.312 e. The van der Waals surface area contributed by atoms with Crippen LogP contribution in [0.25, 0.3) is 0 Å². The Morgan fingerprint density at radius 3 is 2.71 bits per heavy atom. The number of nitrogens with zero attached hydrogens (tertiary/aromatic N) is 1. The van der Waals surface area contributed by atoms with Gasteiger partial charge in [-0.1, -0.05) is 0 Å². The van der Waals surface area contributed by atoms with Crippen LogP contribution in [0.3, 0.4) is 0 Å². The minimum absolute atomic E-state index is 0.465. The van der Waals surface area contributed by atoms with E-state index >= 15 is 0 Å². The molecular formula is C10H17BrN2S. The Labute approximate surface area is 98.4 Å². The van der Waals surface area contributed by atoms with E-state index in [1.165, 1.54) is 9.35 Å². The van der Waals surface area contributed by atoms with E-state index in [2.05, 4.69) is 51.7 Å². The van der Waals surface area contributed by atoms with Gasteiger partial charge in [0.1, 0.15) is 0 Å². The summed E-state index contributed by atoms with van der Waals surface area (Å²) < 4.78 is 1.22. The highest BCUT2D eigenvalue weighted by Crippen LogP contribution is 2.30. The molecule has 0 aliphatic rings. The van der Waals surface area contributed by atoms with E-state index in [0.717, 1.165) is 13.0 Å². The predicted octanol–water partition coefficient (Wildman–Crippen LogP) is 2.72. The average molecular weight is 277 g/mol. The summed E-state index contributed by atoms with van der Waals surface area (Å²) in [6, 6.07) is 2.58. The zero-order chi connectivity index (χ0) is 10.6. The van der Waals surface area contributed by atoms with Crippen molar-refractivity contribution in [3.8, 4) is 0 Å². The zero-order valence-corrected chi connectivity index (χ0v) is 11.3. The first kappa shape index (κ1) is 12.2. The van der Waals surface area contributed by atoms with Gasteiger partial charge in [-0.25, -0.2) is 0 Å². The van der Waals surface area contributed by atoms with Gasteiger partial charge in [0.15, 0.2) is 0 Å². The largest absolute Gasteiger partial charge is 0.312 e. The number of rotatable bonds is 5. The Morgan fingerprint density at radius 2 is 2.29 bits per heavy atom. The molecule has 0 spiro atoms. The lowest BCUT2D eigenvalue weighted by molar-refractivity contribution is 0.370. The Hall–Kier alpha value is 0.100. The molecule has 0 amide bonds. The van der Waals surface area contributed by atoms with Crippen molar-refractivity contribution in [2.45, 2.75) is 12.5 Å². The molecule has 0 aliphatic carbocycles. The summed E-state index contributed by atoms with van der Waals surface area (Å²) in [6.07, 6.45) is 1.14. The van der Waals surface area contributed by atoms with Crippen LogP contribution in [0.15, 0.2) is 15.9 Å². The molecule has 0 saturated heterocycles. The third-order valence-corrected chi connectivity index (χ3v) is 4.16. The highest BCUT2D eigenvalue weighted by molar-refractivity contribution is 9.10. The second-order valence-electron chi connectivity index (χ2n) is 3.57. The molecule has 0 aliphatic heterocycles. The van der Waals surface area contributed by atoms with Crippen LogP contribution in [0.4, 0.5) is 0 Å². The maximum atomic E-state index is 3.57. The molecule has 2 nitrogen and oxygen atoms in total. The summed E-state index contributed by atoms with van der Waals surface area (Å²) in [4.78, 5) is 3.61. The van der Waals surface area contributed by atoms with Crippen LogP contribution in [0.2, 0.25) is 0 Å². The molecule has 0 aromatic carbocycles. The molecule has 80 valence electrons. The van der Waals surface area contributed by atoms with Crippen LogP contribution in [0, 0.1) is 0 Å². The van der Waals surface area contributed by atoms with E-state index in [9.17, 15) is 0 Å². The van der Waals surface area contributed by atoms with Crippen LogP contribution in [0.1, 0.15) is 17.3 Å². The molecule has 1 unspecified atom stereocenters. The summed E-state index contributed by atoms with van der Waals surface area (Å²) in [5.74, 6) is 0. The second kappa shape index (κ2) is 5.85. The Kier molecular flexibility index (Phi) is 5.09. The molecule has 1 aromatic heterocycles. The average Bonchev–Trinajstić information content (AvgIpc) is 2.53. The first-order valence-electron chi connectivity index (χ1n) is 4.70. The maximum Gasteiger partial charge on any atom is 0.0436 e. The topological polar surface area (TPSA) is 15.3 Å². The van der Waals surface area contributed by atoms with E-state index in [1.54, 1.807) is 11.3 Å².